The summed E-state index contributed by atoms with van der Waals surface area (Å²) in [5.74, 6) is 1.03. The minimum absolute atomic E-state index is 0.875. The molecule has 0 amide bonds. The molecular formula is C15H26N2O. The van der Waals surface area contributed by atoms with Crippen molar-refractivity contribution in [1.29, 1.82) is 0 Å². The van der Waals surface area contributed by atoms with Crippen molar-refractivity contribution in [3.05, 3.63) is 23.4 Å². The summed E-state index contributed by atoms with van der Waals surface area (Å²) < 4.78 is 5.47. The minimum Gasteiger partial charge on any atom is -0.381 e. The van der Waals surface area contributed by atoms with Crippen LogP contribution >= 0.6 is 0 Å². The van der Waals surface area contributed by atoms with Gasteiger partial charge in [-0.1, -0.05) is 19.9 Å². The van der Waals surface area contributed by atoms with Crippen LogP contribution < -0.4 is 5.32 Å². The maximum Gasteiger partial charge on any atom is 0.129 e. The predicted octanol–water partition coefficient (Wildman–Crippen LogP) is 3.44. The second-order valence-electron chi connectivity index (χ2n) is 4.48. The number of anilines is 1. The molecule has 18 heavy (non-hydrogen) atoms. The lowest BCUT2D eigenvalue weighted by Gasteiger charge is -2.09. The zero-order valence-electron chi connectivity index (χ0n) is 12.0. The van der Waals surface area contributed by atoms with Crippen molar-refractivity contribution in [2.24, 2.45) is 0 Å². The first kappa shape index (κ1) is 15.0. The number of hydrogen-bond acceptors (Lipinski definition) is 3. The number of rotatable bonds is 9. The normalized spacial score (nSPS) is 10.6. The first-order valence-electron chi connectivity index (χ1n) is 7.06. The summed E-state index contributed by atoms with van der Waals surface area (Å²) >= 11 is 0. The van der Waals surface area contributed by atoms with Gasteiger partial charge in [0.1, 0.15) is 5.82 Å². The molecule has 0 radical (unpaired) electrons. The summed E-state index contributed by atoms with van der Waals surface area (Å²) in [5, 5.41) is 3.17. The van der Waals surface area contributed by atoms with Gasteiger partial charge in [-0.15, -0.1) is 0 Å². The largest absolute Gasteiger partial charge is 0.381 e. The molecule has 0 aliphatic rings. The van der Waals surface area contributed by atoms with Crippen LogP contribution in [0.15, 0.2) is 12.1 Å². The highest BCUT2D eigenvalue weighted by molar-refractivity contribution is 5.44. The van der Waals surface area contributed by atoms with Crippen molar-refractivity contribution in [3.8, 4) is 0 Å². The van der Waals surface area contributed by atoms with E-state index < -0.39 is 0 Å². The second-order valence-corrected chi connectivity index (χ2v) is 4.48. The van der Waals surface area contributed by atoms with Crippen LogP contribution in [0.5, 0.6) is 0 Å². The van der Waals surface area contributed by atoms with Gasteiger partial charge < -0.3 is 10.1 Å². The molecule has 3 nitrogen and oxygen atoms in total. The summed E-state index contributed by atoms with van der Waals surface area (Å²) in [6.45, 7) is 6.05. The Bertz CT molecular complexity index is 339. The molecule has 1 heterocycles. The lowest BCUT2D eigenvalue weighted by Crippen LogP contribution is -2.02. The Labute approximate surface area is 111 Å². The van der Waals surface area contributed by atoms with Crippen molar-refractivity contribution in [1.82, 2.24) is 4.98 Å². The van der Waals surface area contributed by atoms with Crippen LogP contribution in [0.2, 0.25) is 0 Å². The van der Waals surface area contributed by atoms with Gasteiger partial charge >= 0.3 is 0 Å². The van der Waals surface area contributed by atoms with Gasteiger partial charge in [0.15, 0.2) is 0 Å². The van der Waals surface area contributed by atoms with Crippen LogP contribution in [0.3, 0.4) is 0 Å². The van der Waals surface area contributed by atoms with Gasteiger partial charge in [0.05, 0.1) is 0 Å². The molecule has 1 N–H and O–H groups in total. The Balaban J connectivity index is 2.34. The highest BCUT2D eigenvalue weighted by atomic mass is 16.5. The summed E-state index contributed by atoms with van der Waals surface area (Å²) in [4.78, 5) is 4.64. The van der Waals surface area contributed by atoms with Crippen LogP contribution in [0, 0.1) is 0 Å². The molecule has 0 atom stereocenters. The number of pyridine rings is 1. The monoisotopic (exact) mass is 250 g/mol. The van der Waals surface area contributed by atoms with Crippen molar-refractivity contribution >= 4 is 5.82 Å². The average molecular weight is 250 g/mol. The molecule has 102 valence electrons. The third-order valence-electron chi connectivity index (χ3n) is 2.97. The second kappa shape index (κ2) is 8.92. The van der Waals surface area contributed by atoms with Crippen LogP contribution in [-0.2, 0) is 17.6 Å². The fourth-order valence-electron chi connectivity index (χ4n) is 1.93. The molecule has 0 aliphatic heterocycles. The Morgan fingerprint density at radius 1 is 1.17 bits per heavy atom. The molecule has 1 aromatic heterocycles. The molecule has 0 unspecified atom stereocenters. The van der Waals surface area contributed by atoms with Crippen molar-refractivity contribution in [2.75, 3.05) is 25.6 Å². The first-order valence-corrected chi connectivity index (χ1v) is 7.06. The lowest BCUT2D eigenvalue weighted by molar-refractivity contribution is 0.131. The first-order chi connectivity index (χ1) is 8.81. The molecule has 0 saturated heterocycles. The summed E-state index contributed by atoms with van der Waals surface area (Å²) in [7, 11) is 1.93. The van der Waals surface area contributed by atoms with E-state index in [0.29, 0.717) is 0 Å². The minimum atomic E-state index is 0.875. The third kappa shape index (κ3) is 5.05. The number of unbranched alkanes of at least 4 members (excludes halogenated alkanes) is 1. The number of ether oxygens (including phenoxy) is 1. The van der Waals surface area contributed by atoms with Crippen molar-refractivity contribution < 1.29 is 4.74 Å². The Kier molecular flexibility index (Phi) is 7.42. The predicted molar refractivity (Wildman–Crippen MR) is 77.2 cm³/mol. The van der Waals surface area contributed by atoms with Gasteiger partial charge in [0.2, 0.25) is 0 Å². The van der Waals surface area contributed by atoms with Crippen LogP contribution in [-0.4, -0.2) is 25.2 Å². The Hall–Kier alpha value is -1.09. The molecule has 0 spiro atoms. The summed E-state index contributed by atoms with van der Waals surface area (Å²) in [5.41, 5.74) is 2.46. The highest BCUT2D eigenvalue weighted by Gasteiger charge is 2.02. The summed E-state index contributed by atoms with van der Waals surface area (Å²) in [6, 6.07) is 4.33. The van der Waals surface area contributed by atoms with E-state index >= 15 is 0 Å². The van der Waals surface area contributed by atoms with Gasteiger partial charge in [0, 0.05) is 26.0 Å². The van der Waals surface area contributed by atoms with E-state index in [9.17, 15) is 0 Å². The zero-order valence-corrected chi connectivity index (χ0v) is 12.0. The lowest BCUT2D eigenvalue weighted by atomic mass is 10.1. The van der Waals surface area contributed by atoms with Crippen LogP contribution in [0.1, 0.15) is 44.4 Å². The standard InChI is InChI=1S/C15H26N2O/c1-4-11-18-12-7-6-8-14-10-9-13(5-2)15(16-3)17-14/h9-10H,4-8,11-12H2,1-3H3,(H,16,17). The van der Waals surface area contributed by atoms with Crippen LogP contribution in [0.25, 0.3) is 0 Å². The molecule has 0 aromatic carbocycles. The molecule has 0 saturated carbocycles. The van der Waals surface area contributed by atoms with Gasteiger partial charge in [0.25, 0.3) is 0 Å². The van der Waals surface area contributed by atoms with E-state index in [-0.39, 0.29) is 0 Å². The van der Waals surface area contributed by atoms with E-state index in [2.05, 4.69) is 36.3 Å². The van der Waals surface area contributed by atoms with E-state index in [4.69, 9.17) is 4.74 Å². The maximum atomic E-state index is 5.47. The van der Waals surface area contributed by atoms with E-state index in [0.717, 1.165) is 51.1 Å². The number of aryl methyl sites for hydroxylation is 2. The smallest absolute Gasteiger partial charge is 0.129 e. The van der Waals surface area contributed by atoms with Gasteiger partial charge in [-0.3, -0.25) is 0 Å². The number of hydrogen-bond donors (Lipinski definition) is 1. The molecule has 0 aliphatic carbocycles. The Morgan fingerprint density at radius 3 is 2.67 bits per heavy atom. The fourth-order valence-corrected chi connectivity index (χ4v) is 1.93. The number of aromatic nitrogens is 1. The van der Waals surface area contributed by atoms with Gasteiger partial charge in [-0.2, -0.15) is 0 Å². The topological polar surface area (TPSA) is 34.1 Å². The third-order valence-corrected chi connectivity index (χ3v) is 2.97. The van der Waals surface area contributed by atoms with Crippen LogP contribution in [0.4, 0.5) is 5.82 Å². The highest BCUT2D eigenvalue weighted by Crippen LogP contribution is 2.14. The zero-order chi connectivity index (χ0) is 13.2. The molecular weight excluding hydrogens is 224 g/mol. The summed E-state index contributed by atoms with van der Waals surface area (Å²) in [6.07, 6.45) is 5.42. The molecule has 3 heteroatoms. The van der Waals surface area contributed by atoms with Crippen molar-refractivity contribution in [2.45, 2.75) is 46.0 Å². The Morgan fingerprint density at radius 2 is 2.00 bits per heavy atom. The number of nitrogens with zero attached hydrogens (tertiary/aromatic N) is 1. The van der Waals surface area contributed by atoms with Crippen molar-refractivity contribution in [3.63, 3.8) is 0 Å². The SMILES string of the molecule is CCCOCCCCc1ccc(CC)c(NC)n1. The number of nitrogens with one attached hydrogen (secondary N) is 1. The molecule has 0 fully saturated rings. The van der Waals surface area contributed by atoms with E-state index in [1.807, 2.05) is 7.05 Å². The van der Waals surface area contributed by atoms with Gasteiger partial charge in [-0.05, 0) is 43.7 Å². The van der Waals surface area contributed by atoms with E-state index in [1.165, 1.54) is 11.3 Å². The maximum absolute atomic E-state index is 5.47. The molecule has 0 bridgehead atoms. The molecule has 1 rings (SSSR count). The van der Waals surface area contributed by atoms with Gasteiger partial charge in [-0.25, -0.2) is 4.98 Å². The quantitative estimate of drug-likeness (QED) is 0.682. The molecule has 1 aromatic rings. The van der Waals surface area contributed by atoms with E-state index in [1.54, 1.807) is 0 Å². The average Bonchev–Trinajstić information content (AvgIpc) is 2.42. The fraction of sp³-hybridized carbons (Fsp3) is 0.667.